The lowest BCUT2D eigenvalue weighted by Crippen LogP contribution is -2.47. The van der Waals surface area contributed by atoms with Crippen LogP contribution in [0.5, 0.6) is 0 Å². The van der Waals surface area contributed by atoms with E-state index in [2.05, 4.69) is 33.0 Å². The fourth-order valence-electron chi connectivity index (χ4n) is 3.17. The summed E-state index contributed by atoms with van der Waals surface area (Å²) in [5, 5.41) is 2.41. The Balaban J connectivity index is 1.49. The quantitative estimate of drug-likeness (QED) is 0.543. The summed E-state index contributed by atoms with van der Waals surface area (Å²) in [6, 6.07) is 15.4. The van der Waals surface area contributed by atoms with Gasteiger partial charge in [0.05, 0.1) is 13.5 Å². The molecule has 0 spiro atoms. The van der Waals surface area contributed by atoms with Gasteiger partial charge in [0, 0.05) is 12.5 Å². The first-order valence-corrected chi connectivity index (χ1v) is 8.81. The lowest BCUT2D eigenvalue weighted by molar-refractivity contribution is -0.140. The van der Waals surface area contributed by atoms with Crippen molar-refractivity contribution in [1.29, 1.82) is 0 Å². The van der Waals surface area contributed by atoms with Crippen LogP contribution < -0.4 is 16.2 Å². The summed E-state index contributed by atoms with van der Waals surface area (Å²) in [5.74, 6) is -0.503. The smallest absolute Gasteiger partial charge is 0.426 e. The summed E-state index contributed by atoms with van der Waals surface area (Å²) < 4.78 is 9.74. The highest BCUT2D eigenvalue weighted by Gasteiger charge is 2.28. The number of esters is 1. The first kappa shape index (κ1) is 19.2. The summed E-state index contributed by atoms with van der Waals surface area (Å²) in [7, 11) is 1.26. The van der Waals surface area contributed by atoms with Crippen molar-refractivity contribution in [2.45, 2.75) is 12.3 Å². The van der Waals surface area contributed by atoms with Gasteiger partial charge in [0.15, 0.2) is 0 Å². The van der Waals surface area contributed by atoms with Gasteiger partial charge in [-0.3, -0.25) is 4.79 Å². The van der Waals surface area contributed by atoms with Gasteiger partial charge in [-0.1, -0.05) is 48.5 Å². The minimum Gasteiger partial charge on any atom is -0.469 e. The molecule has 0 aliphatic heterocycles. The van der Waals surface area contributed by atoms with E-state index in [1.54, 1.807) is 0 Å². The third kappa shape index (κ3) is 4.40. The second-order valence-corrected chi connectivity index (χ2v) is 6.16. The van der Waals surface area contributed by atoms with E-state index in [-0.39, 0.29) is 25.5 Å². The van der Waals surface area contributed by atoms with Crippen LogP contribution >= 0.6 is 0 Å². The minimum absolute atomic E-state index is 0.0366. The molecule has 0 saturated carbocycles. The van der Waals surface area contributed by atoms with E-state index in [0.717, 1.165) is 22.3 Å². The minimum atomic E-state index is -0.773. The third-order valence-corrected chi connectivity index (χ3v) is 4.46. The SMILES string of the molecule is COC(=O)CCNC(=O)NNC(=O)OCC1c2ccccc2-c2ccccc21. The Bertz CT molecular complexity index is 838. The number of carbonyl (C=O) groups excluding carboxylic acids is 3. The molecule has 1 aliphatic carbocycles. The number of carbonyl (C=O) groups is 3. The predicted molar refractivity (Wildman–Crippen MR) is 101 cm³/mol. The lowest BCUT2D eigenvalue weighted by atomic mass is 9.98. The topological polar surface area (TPSA) is 106 Å². The zero-order valence-electron chi connectivity index (χ0n) is 15.4. The molecule has 0 saturated heterocycles. The van der Waals surface area contributed by atoms with Crippen LogP contribution in [0.15, 0.2) is 48.5 Å². The van der Waals surface area contributed by atoms with Crippen molar-refractivity contribution in [3.63, 3.8) is 0 Å². The normalized spacial score (nSPS) is 11.8. The fourth-order valence-corrected chi connectivity index (χ4v) is 3.17. The van der Waals surface area contributed by atoms with Crippen LogP contribution in [0.3, 0.4) is 0 Å². The molecule has 0 bridgehead atoms. The molecule has 28 heavy (non-hydrogen) atoms. The molecule has 0 fully saturated rings. The second kappa shape index (κ2) is 8.90. The second-order valence-electron chi connectivity index (χ2n) is 6.16. The number of fused-ring (bicyclic) bond motifs is 3. The van der Waals surface area contributed by atoms with Gasteiger partial charge in [-0.15, -0.1) is 0 Å². The number of ether oxygens (including phenoxy) is 2. The van der Waals surface area contributed by atoms with Crippen LogP contribution in [0.2, 0.25) is 0 Å². The van der Waals surface area contributed by atoms with Crippen LogP contribution in [-0.2, 0) is 14.3 Å². The third-order valence-electron chi connectivity index (χ3n) is 4.46. The summed E-state index contributed by atoms with van der Waals surface area (Å²) in [6.45, 7) is 0.233. The number of benzene rings is 2. The molecular formula is C20H21N3O5. The molecular weight excluding hydrogens is 362 g/mol. The maximum Gasteiger partial charge on any atom is 0.426 e. The van der Waals surface area contributed by atoms with Crippen LogP contribution in [0.1, 0.15) is 23.5 Å². The summed E-state index contributed by atoms with van der Waals surface area (Å²) in [5.41, 5.74) is 8.80. The van der Waals surface area contributed by atoms with Crippen LogP contribution in [0.25, 0.3) is 11.1 Å². The van der Waals surface area contributed by atoms with Crippen molar-refractivity contribution in [2.75, 3.05) is 20.3 Å². The fraction of sp³-hybridized carbons (Fsp3) is 0.250. The van der Waals surface area contributed by atoms with Crippen molar-refractivity contribution in [3.8, 4) is 11.1 Å². The van der Waals surface area contributed by atoms with Gasteiger partial charge >= 0.3 is 18.1 Å². The monoisotopic (exact) mass is 383 g/mol. The van der Waals surface area contributed by atoms with Gasteiger partial charge in [-0.05, 0) is 22.3 Å². The number of amides is 3. The van der Waals surface area contributed by atoms with Gasteiger partial charge in [0.1, 0.15) is 6.61 Å². The molecule has 3 N–H and O–H groups in total. The highest BCUT2D eigenvalue weighted by molar-refractivity contribution is 5.80. The molecule has 2 aromatic rings. The Morgan fingerprint density at radius 3 is 2.14 bits per heavy atom. The Labute approximate surface area is 162 Å². The Kier molecular flexibility index (Phi) is 6.11. The van der Waals surface area contributed by atoms with Gasteiger partial charge in [0.25, 0.3) is 0 Å². The molecule has 8 nitrogen and oxygen atoms in total. The van der Waals surface area contributed by atoms with Gasteiger partial charge < -0.3 is 14.8 Å². The van der Waals surface area contributed by atoms with Crippen molar-refractivity contribution >= 4 is 18.1 Å². The highest BCUT2D eigenvalue weighted by atomic mass is 16.6. The summed E-state index contributed by atoms with van der Waals surface area (Å²) >= 11 is 0. The molecule has 0 unspecified atom stereocenters. The molecule has 8 heteroatoms. The number of methoxy groups -OCH3 is 1. The number of hydrogen-bond acceptors (Lipinski definition) is 5. The first-order valence-electron chi connectivity index (χ1n) is 8.81. The van der Waals surface area contributed by atoms with Crippen LogP contribution in [0.4, 0.5) is 9.59 Å². The van der Waals surface area contributed by atoms with Crippen molar-refractivity contribution in [1.82, 2.24) is 16.2 Å². The Morgan fingerprint density at radius 2 is 1.54 bits per heavy atom. The number of urea groups is 1. The number of rotatable bonds is 5. The average Bonchev–Trinajstić information content (AvgIpc) is 3.04. The van der Waals surface area contributed by atoms with Crippen LogP contribution in [-0.4, -0.2) is 38.4 Å². The largest absolute Gasteiger partial charge is 0.469 e. The first-order chi connectivity index (χ1) is 13.6. The highest BCUT2D eigenvalue weighted by Crippen LogP contribution is 2.44. The molecule has 3 amide bonds. The van der Waals surface area contributed by atoms with E-state index in [1.807, 2.05) is 36.4 Å². The van der Waals surface area contributed by atoms with E-state index < -0.39 is 18.1 Å². The number of hydrazine groups is 1. The molecule has 0 heterocycles. The standard InChI is InChI=1S/C20H21N3O5/c1-27-18(24)10-11-21-19(25)22-23-20(26)28-12-17-15-8-4-2-6-13(15)14-7-3-5-9-16(14)17/h2-9,17H,10-12H2,1H3,(H,23,26)(H2,21,22,25). The van der Waals surface area contributed by atoms with Gasteiger partial charge in [-0.2, -0.15) is 0 Å². The maximum atomic E-state index is 11.9. The van der Waals surface area contributed by atoms with E-state index in [0.29, 0.717) is 0 Å². The van der Waals surface area contributed by atoms with Gasteiger partial charge in [-0.25, -0.2) is 20.4 Å². The number of hydrogen-bond donors (Lipinski definition) is 3. The average molecular weight is 383 g/mol. The lowest BCUT2D eigenvalue weighted by Gasteiger charge is -2.15. The molecule has 146 valence electrons. The Hall–Kier alpha value is -3.55. The molecule has 1 aliphatic rings. The van der Waals surface area contributed by atoms with Gasteiger partial charge in [0.2, 0.25) is 0 Å². The zero-order chi connectivity index (χ0) is 19.9. The van der Waals surface area contributed by atoms with Crippen molar-refractivity contribution in [2.24, 2.45) is 0 Å². The van der Waals surface area contributed by atoms with Crippen molar-refractivity contribution in [3.05, 3.63) is 59.7 Å². The number of nitrogens with one attached hydrogen (secondary N) is 3. The predicted octanol–water partition coefficient (Wildman–Crippen LogP) is 2.30. The molecule has 2 aromatic carbocycles. The van der Waals surface area contributed by atoms with E-state index in [1.165, 1.54) is 7.11 Å². The van der Waals surface area contributed by atoms with E-state index in [4.69, 9.17) is 4.74 Å². The Morgan fingerprint density at radius 1 is 0.929 bits per heavy atom. The van der Waals surface area contributed by atoms with E-state index in [9.17, 15) is 14.4 Å². The van der Waals surface area contributed by atoms with Crippen LogP contribution in [0, 0.1) is 0 Å². The molecule has 3 rings (SSSR count). The molecule has 0 radical (unpaired) electrons. The van der Waals surface area contributed by atoms with Crippen molar-refractivity contribution < 1.29 is 23.9 Å². The maximum absolute atomic E-state index is 11.9. The molecule has 0 aromatic heterocycles. The van der Waals surface area contributed by atoms with E-state index >= 15 is 0 Å². The zero-order valence-corrected chi connectivity index (χ0v) is 15.4. The summed E-state index contributed by atoms with van der Waals surface area (Å²) in [4.78, 5) is 34.4. The summed E-state index contributed by atoms with van der Waals surface area (Å²) in [6.07, 6.45) is -0.737. The molecule has 0 atom stereocenters.